The Morgan fingerprint density at radius 1 is 1.07 bits per heavy atom. The lowest BCUT2D eigenvalue weighted by atomic mass is 9.98. The van der Waals surface area contributed by atoms with Crippen LogP contribution in [0.3, 0.4) is 0 Å². The number of nitrogens with one attached hydrogen (secondary N) is 2. The lowest BCUT2D eigenvalue weighted by Gasteiger charge is -2.14. The van der Waals surface area contributed by atoms with Crippen molar-refractivity contribution in [2.24, 2.45) is 0 Å². The van der Waals surface area contributed by atoms with E-state index in [9.17, 15) is 19.6 Å². The lowest BCUT2D eigenvalue weighted by Crippen LogP contribution is -2.31. The molecule has 10 heteroatoms. The second-order valence-electron chi connectivity index (χ2n) is 6.78. The average Bonchev–Trinajstić information content (AvgIpc) is 3.30. The highest BCUT2D eigenvalue weighted by molar-refractivity contribution is 5.81. The van der Waals surface area contributed by atoms with Crippen molar-refractivity contribution >= 4 is 17.3 Å². The zero-order valence-electron chi connectivity index (χ0n) is 15.4. The Morgan fingerprint density at radius 2 is 1.70 bits per heavy atom. The lowest BCUT2D eigenvalue weighted by molar-refractivity contribution is 0.0866. The van der Waals surface area contributed by atoms with Crippen molar-refractivity contribution in [2.45, 2.75) is 5.92 Å². The highest BCUT2D eigenvalue weighted by atomic mass is 16.6. The van der Waals surface area contributed by atoms with Crippen molar-refractivity contribution in [2.75, 3.05) is 12.0 Å². The standard InChI is InChI=1S/C20H14N5O5/c26-17-16-18(25(29)19(27)22-17)24(10-21-16)23-20(28)30-9-15-13-7-3-1-5-11(13)12-6-2-4-8-14(12)15/h1-8,10,15H,9H2,(H,23,28)(H,22,26,27). The Kier molecular flexibility index (Phi) is 3.91. The average molecular weight is 404 g/mol. The maximum absolute atomic E-state index is 12.4. The molecule has 2 heterocycles. The number of aromatic amines is 1. The summed E-state index contributed by atoms with van der Waals surface area (Å²) in [5.74, 6) is -0.136. The van der Waals surface area contributed by atoms with Gasteiger partial charge in [0.05, 0.1) is 0 Å². The molecule has 30 heavy (non-hydrogen) atoms. The molecule has 0 atom stereocenters. The van der Waals surface area contributed by atoms with E-state index in [-0.39, 0.29) is 22.8 Å². The van der Waals surface area contributed by atoms with E-state index in [1.165, 1.54) is 0 Å². The summed E-state index contributed by atoms with van der Waals surface area (Å²) in [5, 5.41) is 12.0. The predicted molar refractivity (Wildman–Crippen MR) is 105 cm³/mol. The van der Waals surface area contributed by atoms with Crippen LogP contribution in [0.15, 0.2) is 64.4 Å². The van der Waals surface area contributed by atoms with Crippen molar-refractivity contribution in [1.82, 2.24) is 19.4 Å². The molecular weight excluding hydrogens is 390 g/mol. The third kappa shape index (κ3) is 2.65. The number of carbonyl (C=O) groups excluding carboxylic acids is 1. The van der Waals surface area contributed by atoms with E-state index < -0.39 is 23.0 Å². The van der Waals surface area contributed by atoms with Crippen LogP contribution in [0.25, 0.3) is 22.3 Å². The molecular formula is C20H14N5O5. The van der Waals surface area contributed by atoms with Gasteiger partial charge in [0, 0.05) is 5.92 Å². The normalized spacial score (nSPS) is 12.5. The van der Waals surface area contributed by atoms with Crippen LogP contribution in [-0.2, 0) is 9.94 Å². The molecule has 2 N–H and O–H groups in total. The monoisotopic (exact) mass is 404 g/mol. The van der Waals surface area contributed by atoms with Gasteiger partial charge in [-0.15, -0.1) is 0 Å². The summed E-state index contributed by atoms with van der Waals surface area (Å²) < 4.78 is 6.21. The van der Waals surface area contributed by atoms with Crippen LogP contribution >= 0.6 is 0 Å². The quantitative estimate of drug-likeness (QED) is 0.535. The van der Waals surface area contributed by atoms with Gasteiger partial charge in [-0.25, -0.2) is 24.7 Å². The van der Waals surface area contributed by atoms with Crippen molar-refractivity contribution in [3.8, 4) is 11.1 Å². The van der Waals surface area contributed by atoms with E-state index in [0.717, 1.165) is 33.3 Å². The van der Waals surface area contributed by atoms with Gasteiger partial charge in [0.25, 0.3) is 5.56 Å². The minimum absolute atomic E-state index is 0.0620. The molecule has 2 aromatic carbocycles. The highest BCUT2D eigenvalue weighted by Crippen LogP contribution is 2.44. The van der Waals surface area contributed by atoms with Gasteiger partial charge in [-0.05, 0) is 22.3 Å². The summed E-state index contributed by atoms with van der Waals surface area (Å²) in [6.45, 7) is 0.0667. The molecule has 0 spiro atoms. The first-order valence-corrected chi connectivity index (χ1v) is 9.06. The van der Waals surface area contributed by atoms with Crippen LogP contribution in [-0.4, -0.2) is 32.1 Å². The van der Waals surface area contributed by atoms with E-state index in [1.807, 2.05) is 53.5 Å². The largest absolute Gasteiger partial charge is 0.447 e. The Balaban J connectivity index is 1.39. The van der Waals surface area contributed by atoms with Crippen LogP contribution in [0.2, 0.25) is 0 Å². The number of carbonyl (C=O) groups is 1. The smallest absolute Gasteiger partial charge is 0.426 e. The minimum Gasteiger partial charge on any atom is -0.447 e. The number of fused-ring (bicyclic) bond motifs is 4. The third-order valence-corrected chi connectivity index (χ3v) is 5.11. The highest BCUT2D eigenvalue weighted by Gasteiger charge is 2.29. The molecule has 4 aromatic rings. The molecule has 0 saturated carbocycles. The fourth-order valence-corrected chi connectivity index (χ4v) is 3.81. The first kappa shape index (κ1) is 17.7. The van der Waals surface area contributed by atoms with Gasteiger partial charge < -0.3 is 4.74 Å². The molecule has 0 bridgehead atoms. The zero-order valence-corrected chi connectivity index (χ0v) is 15.4. The number of aromatic nitrogens is 4. The summed E-state index contributed by atoms with van der Waals surface area (Å²) >= 11 is 0. The Bertz CT molecular complexity index is 1370. The van der Waals surface area contributed by atoms with Gasteiger partial charge >= 0.3 is 11.8 Å². The van der Waals surface area contributed by atoms with E-state index in [4.69, 9.17) is 4.74 Å². The fourth-order valence-electron chi connectivity index (χ4n) is 3.81. The summed E-state index contributed by atoms with van der Waals surface area (Å²) in [4.78, 5) is 41.3. The molecule has 1 aliphatic carbocycles. The molecule has 0 unspecified atom stereocenters. The topological polar surface area (TPSA) is 131 Å². The Hall–Kier alpha value is -4.34. The predicted octanol–water partition coefficient (Wildman–Crippen LogP) is 1.57. The number of benzene rings is 2. The second-order valence-corrected chi connectivity index (χ2v) is 6.78. The molecule has 1 amide bonds. The van der Waals surface area contributed by atoms with Gasteiger partial charge in [-0.2, -0.15) is 5.21 Å². The fraction of sp³-hybridized carbons (Fsp3) is 0.100. The molecule has 0 fully saturated rings. The van der Waals surface area contributed by atoms with Gasteiger partial charge in [0.2, 0.25) is 5.65 Å². The summed E-state index contributed by atoms with van der Waals surface area (Å²) in [6, 6.07) is 15.8. The maximum atomic E-state index is 12.4. The van der Waals surface area contributed by atoms with Crippen LogP contribution in [0, 0.1) is 0 Å². The summed E-state index contributed by atoms with van der Waals surface area (Å²) in [7, 11) is 0. The van der Waals surface area contributed by atoms with Crippen LogP contribution in [0.5, 0.6) is 0 Å². The molecule has 1 aliphatic rings. The second kappa shape index (κ2) is 6.62. The molecule has 5 rings (SSSR count). The molecule has 0 saturated heterocycles. The number of imidazole rings is 1. The first-order chi connectivity index (χ1) is 14.5. The minimum atomic E-state index is -1.16. The van der Waals surface area contributed by atoms with Crippen LogP contribution in [0.1, 0.15) is 17.0 Å². The summed E-state index contributed by atoms with van der Waals surface area (Å²) in [6.07, 6.45) is 0.193. The molecule has 0 aliphatic heterocycles. The SMILES string of the molecule is [O]n1c(=O)[nH]c(=O)c2ncn(NC(=O)OCC3c4ccccc4-c4ccccc43)c21. The van der Waals surface area contributed by atoms with E-state index in [2.05, 4.69) is 10.4 Å². The number of hydrogen-bond donors (Lipinski definition) is 2. The summed E-state index contributed by atoms with van der Waals surface area (Å²) in [5.41, 5.74) is 3.96. The third-order valence-electron chi connectivity index (χ3n) is 5.11. The van der Waals surface area contributed by atoms with Gasteiger partial charge in [-0.3, -0.25) is 9.78 Å². The van der Waals surface area contributed by atoms with Crippen LogP contribution < -0.4 is 16.7 Å². The van der Waals surface area contributed by atoms with Crippen molar-refractivity contribution in [1.29, 1.82) is 0 Å². The van der Waals surface area contributed by atoms with Crippen molar-refractivity contribution < 1.29 is 14.7 Å². The van der Waals surface area contributed by atoms with E-state index in [1.54, 1.807) is 0 Å². The Morgan fingerprint density at radius 3 is 2.37 bits per heavy atom. The Labute approximate surface area is 167 Å². The van der Waals surface area contributed by atoms with Crippen molar-refractivity contribution in [3.63, 3.8) is 0 Å². The molecule has 10 nitrogen and oxygen atoms in total. The number of ether oxygens (including phenoxy) is 1. The van der Waals surface area contributed by atoms with Gasteiger partial charge in [0.15, 0.2) is 5.52 Å². The molecule has 2 aromatic heterocycles. The van der Waals surface area contributed by atoms with Crippen molar-refractivity contribution in [3.05, 3.63) is 86.8 Å². The number of hydrogen-bond acceptors (Lipinski definition) is 5. The first-order valence-electron chi connectivity index (χ1n) is 9.06. The number of nitrogens with zero attached hydrogens (tertiary/aromatic N) is 3. The number of amides is 1. The molecule has 149 valence electrons. The molecule has 1 radical (unpaired) electrons. The van der Waals surface area contributed by atoms with E-state index in [0.29, 0.717) is 0 Å². The van der Waals surface area contributed by atoms with Gasteiger partial charge in [-0.1, -0.05) is 53.3 Å². The van der Waals surface area contributed by atoms with E-state index >= 15 is 0 Å². The van der Waals surface area contributed by atoms with Crippen LogP contribution in [0.4, 0.5) is 4.79 Å². The maximum Gasteiger partial charge on any atom is 0.426 e. The zero-order chi connectivity index (χ0) is 20.8. The number of rotatable bonds is 3. The van der Waals surface area contributed by atoms with Gasteiger partial charge in [0.1, 0.15) is 12.9 Å². The number of H-pyrrole nitrogens is 1.